The van der Waals surface area contributed by atoms with Gasteiger partial charge in [0, 0.05) is 37.8 Å². The van der Waals surface area contributed by atoms with Crippen molar-refractivity contribution in [2.75, 3.05) is 31.1 Å². The van der Waals surface area contributed by atoms with E-state index in [9.17, 15) is 13.6 Å². The first-order chi connectivity index (χ1) is 13.5. The van der Waals surface area contributed by atoms with E-state index in [1.165, 1.54) is 30.3 Å². The number of nitrogens with zero attached hydrogens (tertiary/aromatic N) is 3. The standard InChI is InChI=1S/C20H17ClF2N4O/c21-16-11-14(3-6-17(16)23)20(28)27-9-7-26(8-10-27)19-12-18(24-25-19)13-1-4-15(22)5-2-13/h1-6,11-12H,7-10H2,(H,24,25). The second kappa shape index (κ2) is 7.59. The minimum absolute atomic E-state index is 0.0608. The van der Waals surface area contributed by atoms with Crippen molar-refractivity contribution in [3.8, 4) is 11.3 Å². The van der Waals surface area contributed by atoms with E-state index >= 15 is 0 Å². The van der Waals surface area contributed by atoms with E-state index in [1.807, 2.05) is 6.07 Å². The van der Waals surface area contributed by atoms with E-state index in [1.54, 1.807) is 17.0 Å². The number of rotatable bonds is 3. The molecule has 0 spiro atoms. The Hall–Kier alpha value is -2.93. The van der Waals surface area contributed by atoms with Gasteiger partial charge in [-0.25, -0.2) is 8.78 Å². The number of benzene rings is 2. The van der Waals surface area contributed by atoms with Crippen LogP contribution in [0.15, 0.2) is 48.5 Å². The quantitative estimate of drug-likeness (QED) is 0.721. The van der Waals surface area contributed by atoms with Gasteiger partial charge in [-0.1, -0.05) is 11.6 Å². The fourth-order valence-corrected chi connectivity index (χ4v) is 3.38. The molecule has 1 saturated heterocycles. The molecule has 2 aromatic carbocycles. The molecule has 0 unspecified atom stereocenters. The second-order valence-corrected chi connectivity index (χ2v) is 6.96. The van der Waals surface area contributed by atoms with Crippen LogP contribution in [0.3, 0.4) is 0 Å². The molecule has 1 N–H and O–H groups in total. The first kappa shape index (κ1) is 18.4. The number of H-pyrrole nitrogens is 1. The summed E-state index contributed by atoms with van der Waals surface area (Å²) in [5.41, 5.74) is 2.02. The van der Waals surface area contributed by atoms with Gasteiger partial charge in [0.25, 0.3) is 5.91 Å². The Morgan fingerprint density at radius 1 is 1.00 bits per heavy atom. The summed E-state index contributed by atoms with van der Waals surface area (Å²) in [7, 11) is 0. The Kier molecular flexibility index (Phi) is 5.00. The second-order valence-electron chi connectivity index (χ2n) is 6.55. The van der Waals surface area contributed by atoms with Crippen molar-refractivity contribution in [3.05, 3.63) is 70.8 Å². The van der Waals surface area contributed by atoms with Gasteiger partial charge in [0.1, 0.15) is 11.6 Å². The summed E-state index contributed by atoms with van der Waals surface area (Å²) in [6, 6.07) is 12.1. The van der Waals surface area contributed by atoms with Gasteiger partial charge in [-0.2, -0.15) is 5.10 Å². The Bertz CT molecular complexity index is 998. The molecule has 1 aliphatic heterocycles. The summed E-state index contributed by atoms with van der Waals surface area (Å²) < 4.78 is 26.4. The molecular formula is C20H17ClF2N4O. The number of piperazine rings is 1. The fraction of sp³-hybridized carbons (Fsp3) is 0.200. The zero-order valence-electron chi connectivity index (χ0n) is 14.8. The molecule has 1 aliphatic rings. The minimum Gasteiger partial charge on any atom is -0.352 e. The highest BCUT2D eigenvalue weighted by Gasteiger charge is 2.24. The molecule has 0 atom stereocenters. The molecule has 0 saturated carbocycles. The lowest BCUT2D eigenvalue weighted by atomic mass is 10.1. The van der Waals surface area contributed by atoms with E-state index in [4.69, 9.17) is 11.6 Å². The number of carbonyl (C=O) groups excluding carboxylic acids is 1. The summed E-state index contributed by atoms with van der Waals surface area (Å²) in [5.74, 6) is -0.225. The molecule has 1 fully saturated rings. The predicted molar refractivity (Wildman–Crippen MR) is 104 cm³/mol. The van der Waals surface area contributed by atoms with Gasteiger partial charge in [-0.05, 0) is 48.0 Å². The predicted octanol–water partition coefficient (Wildman–Crippen LogP) is 3.97. The average Bonchev–Trinajstić information content (AvgIpc) is 3.20. The Balaban J connectivity index is 1.41. The van der Waals surface area contributed by atoms with Crippen LogP contribution in [0.5, 0.6) is 0 Å². The Labute approximate surface area is 165 Å². The zero-order valence-corrected chi connectivity index (χ0v) is 15.6. The van der Waals surface area contributed by atoms with E-state index in [0.717, 1.165) is 17.1 Å². The van der Waals surface area contributed by atoms with Gasteiger partial charge in [0.15, 0.2) is 5.82 Å². The van der Waals surface area contributed by atoms with Crippen molar-refractivity contribution in [2.24, 2.45) is 0 Å². The van der Waals surface area contributed by atoms with Crippen LogP contribution >= 0.6 is 11.6 Å². The van der Waals surface area contributed by atoms with Crippen molar-refractivity contribution >= 4 is 23.3 Å². The summed E-state index contributed by atoms with van der Waals surface area (Å²) in [6.07, 6.45) is 0. The van der Waals surface area contributed by atoms with Crippen molar-refractivity contribution < 1.29 is 13.6 Å². The number of carbonyl (C=O) groups is 1. The van der Waals surface area contributed by atoms with Gasteiger partial charge >= 0.3 is 0 Å². The summed E-state index contributed by atoms with van der Waals surface area (Å²) in [5, 5.41) is 7.24. The van der Waals surface area contributed by atoms with E-state index in [0.29, 0.717) is 31.7 Å². The highest BCUT2D eigenvalue weighted by atomic mass is 35.5. The summed E-state index contributed by atoms with van der Waals surface area (Å²) >= 11 is 5.78. The molecule has 5 nitrogen and oxygen atoms in total. The third-order valence-electron chi connectivity index (χ3n) is 4.78. The number of hydrogen-bond acceptors (Lipinski definition) is 3. The topological polar surface area (TPSA) is 52.2 Å². The lowest BCUT2D eigenvalue weighted by Gasteiger charge is -2.34. The number of hydrogen-bond donors (Lipinski definition) is 1. The van der Waals surface area contributed by atoms with Crippen LogP contribution in [-0.2, 0) is 0 Å². The van der Waals surface area contributed by atoms with Gasteiger partial charge in [-0.3, -0.25) is 9.89 Å². The van der Waals surface area contributed by atoms with Crippen LogP contribution in [0, 0.1) is 11.6 Å². The number of aromatic amines is 1. The van der Waals surface area contributed by atoms with Crippen molar-refractivity contribution in [3.63, 3.8) is 0 Å². The van der Waals surface area contributed by atoms with Crippen molar-refractivity contribution in [1.82, 2.24) is 15.1 Å². The first-order valence-electron chi connectivity index (χ1n) is 8.82. The number of nitrogens with one attached hydrogen (secondary N) is 1. The molecular weight excluding hydrogens is 386 g/mol. The molecule has 2 heterocycles. The molecule has 28 heavy (non-hydrogen) atoms. The summed E-state index contributed by atoms with van der Waals surface area (Å²) in [6.45, 7) is 2.28. The zero-order chi connectivity index (χ0) is 19.7. The maximum absolute atomic E-state index is 13.3. The van der Waals surface area contributed by atoms with Crippen molar-refractivity contribution in [2.45, 2.75) is 0 Å². The van der Waals surface area contributed by atoms with Gasteiger partial charge in [0.2, 0.25) is 0 Å². The van der Waals surface area contributed by atoms with Crippen LogP contribution in [0.1, 0.15) is 10.4 Å². The molecule has 0 aliphatic carbocycles. The molecule has 4 rings (SSSR count). The molecule has 144 valence electrons. The molecule has 1 aromatic heterocycles. The van der Waals surface area contributed by atoms with Crippen LogP contribution in [0.2, 0.25) is 5.02 Å². The third-order valence-corrected chi connectivity index (χ3v) is 5.07. The SMILES string of the molecule is O=C(c1ccc(F)c(Cl)c1)N1CCN(c2cc(-c3ccc(F)cc3)[nH]n2)CC1. The van der Waals surface area contributed by atoms with E-state index in [-0.39, 0.29) is 16.7 Å². The van der Waals surface area contributed by atoms with Gasteiger partial charge < -0.3 is 9.80 Å². The number of aromatic nitrogens is 2. The lowest BCUT2D eigenvalue weighted by molar-refractivity contribution is 0.0746. The van der Waals surface area contributed by atoms with Crippen molar-refractivity contribution in [1.29, 1.82) is 0 Å². The fourth-order valence-electron chi connectivity index (χ4n) is 3.20. The highest BCUT2D eigenvalue weighted by Crippen LogP contribution is 2.23. The van der Waals surface area contributed by atoms with Gasteiger partial charge in [0.05, 0.1) is 10.7 Å². The van der Waals surface area contributed by atoms with E-state index in [2.05, 4.69) is 15.1 Å². The molecule has 0 bridgehead atoms. The molecule has 0 radical (unpaired) electrons. The third kappa shape index (κ3) is 3.71. The molecule has 3 aromatic rings. The van der Waals surface area contributed by atoms with Crippen LogP contribution in [0.4, 0.5) is 14.6 Å². The maximum atomic E-state index is 13.3. The monoisotopic (exact) mass is 402 g/mol. The number of halogens is 3. The highest BCUT2D eigenvalue weighted by molar-refractivity contribution is 6.31. The average molecular weight is 403 g/mol. The lowest BCUT2D eigenvalue weighted by Crippen LogP contribution is -2.49. The Morgan fingerprint density at radius 2 is 1.71 bits per heavy atom. The maximum Gasteiger partial charge on any atom is 0.254 e. The summed E-state index contributed by atoms with van der Waals surface area (Å²) in [4.78, 5) is 16.4. The molecule has 8 heteroatoms. The van der Waals surface area contributed by atoms with E-state index < -0.39 is 5.82 Å². The smallest absolute Gasteiger partial charge is 0.254 e. The Morgan fingerprint density at radius 3 is 2.39 bits per heavy atom. The normalized spacial score (nSPS) is 14.4. The first-order valence-corrected chi connectivity index (χ1v) is 9.20. The van der Waals surface area contributed by atoms with Crippen LogP contribution in [0.25, 0.3) is 11.3 Å². The van der Waals surface area contributed by atoms with Gasteiger partial charge in [-0.15, -0.1) is 0 Å². The molecule has 1 amide bonds. The largest absolute Gasteiger partial charge is 0.352 e. The number of amides is 1. The number of anilines is 1. The van der Waals surface area contributed by atoms with Crippen LogP contribution < -0.4 is 4.90 Å². The minimum atomic E-state index is -0.543. The van der Waals surface area contributed by atoms with Crippen LogP contribution in [-0.4, -0.2) is 47.2 Å².